The van der Waals surface area contributed by atoms with Gasteiger partial charge in [0.1, 0.15) is 17.2 Å². The van der Waals surface area contributed by atoms with Gasteiger partial charge in [0.05, 0.1) is 5.75 Å². The minimum absolute atomic E-state index is 0.0407. The quantitative estimate of drug-likeness (QED) is 0.579. The lowest BCUT2D eigenvalue weighted by molar-refractivity contribution is -0.134. The van der Waals surface area contributed by atoms with E-state index in [1.54, 1.807) is 0 Å². The average Bonchev–Trinajstić information content (AvgIpc) is 3.07. The number of nitrogens with zero attached hydrogens (tertiary/aromatic N) is 3. The van der Waals surface area contributed by atoms with E-state index < -0.39 is 23.1 Å². The number of amides is 2. The second kappa shape index (κ2) is 8.95. The van der Waals surface area contributed by atoms with Crippen LogP contribution in [0.1, 0.15) is 43.5 Å². The number of nitrogens with one attached hydrogen (secondary N) is 1. The number of carbonyl (C=O) groups is 2. The monoisotopic (exact) mass is 426 g/mol. The Hall–Kier alpha value is -2.07. The van der Waals surface area contributed by atoms with Crippen LogP contribution in [0.5, 0.6) is 0 Å². The number of hydrogen-bond donors (Lipinski definition) is 1. The maximum absolute atomic E-state index is 13.7. The number of piperidine rings is 1. The van der Waals surface area contributed by atoms with Crippen molar-refractivity contribution in [2.24, 2.45) is 0 Å². The number of aromatic nitrogens is 2. The van der Waals surface area contributed by atoms with Crippen LogP contribution in [0.25, 0.3) is 0 Å². The third-order valence-corrected chi connectivity index (χ3v) is 6.57. The van der Waals surface area contributed by atoms with Crippen molar-refractivity contribution in [3.05, 3.63) is 35.4 Å². The van der Waals surface area contributed by atoms with Gasteiger partial charge in [-0.05, 0) is 45.2 Å². The van der Waals surface area contributed by atoms with Gasteiger partial charge in [0, 0.05) is 12.1 Å². The fourth-order valence-electron chi connectivity index (χ4n) is 3.30. The van der Waals surface area contributed by atoms with Gasteiger partial charge in [0.25, 0.3) is 5.91 Å². The van der Waals surface area contributed by atoms with Gasteiger partial charge in [-0.25, -0.2) is 8.78 Å². The molecule has 0 aliphatic carbocycles. The molecule has 1 aromatic carbocycles. The predicted molar refractivity (Wildman–Crippen MR) is 105 cm³/mol. The zero-order valence-corrected chi connectivity index (χ0v) is 17.1. The number of halogens is 2. The Kier molecular flexibility index (Phi) is 6.61. The molecule has 2 aromatic rings. The maximum atomic E-state index is 13.7. The lowest BCUT2D eigenvalue weighted by Crippen LogP contribution is -2.48. The van der Waals surface area contributed by atoms with Gasteiger partial charge in [-0.15, -0.1) is 10.2 Å². The molecule has 1 N–H and O–H groups in total. The molecule has 1 aliphatic heterocycles. The summed E-state index contributed by atoms with van der Waals surface area (Å²) >= 11 is 2.28. The summed E-state index contributed by atoms with van der Waals surface area (Å²) in [5.41, 5.74) is -0.671. The van der Waals surface area contributed by atoms with E-state index in [0.29, 0.717) is 4.34 Å². The van der Waals surface area contributed by atoms with Crippen LogP contribution in [0.3, 0.4) is 0 Å². The molecule has 0 unspecified atom stereocenters. The lowest BCUT2D eigenvalue weighted by Gasteiger charge is -2.39. The van der Waals surface area contributed by atoms with Crippen LogP contribution < -0.4 is 5.32 Å². The normalized spacial score (nSPS) is 19.5. The van der Waals surface area contributed by atoms with Crippen LogP contribution in [-0.2, 0) is 4.79 Å². The van der Waals surface area contributed by atoms with E-state index in [1.165, 1.54) is 17.8 Å². The standard InChI is InChI=1S/C18H20F2N4O2S2/c1-10-5-3-6-11(2)24(10)14(25)9-27-18-23-22-17(28-18)21-16(26)15-12(19)7-4-8-13(15)20/h4,7-8,10-11H,3,5-6,9H2,1-2H3,(H,21,22,26)/t10-,11-/m1/s1. The van der Waals surface area contributed by atoms with Crippen molar-refractivity contribution in [1.82, 2.24) is 15.1 Å². The summed E-state index contributed by atoms with van der Waals surface area (Å²) in [6.45, 7) is 4.11. The molecular formula is C18H20F2N4O2S2. The van der Waals surface area contributed by atoms with Crippen molar-refractivity contribution in [3.8, 4) is 0 Å². The van der Waals surface area contributed by atoms with Crippen LogP contribution >= 0.6 is 23.1 Å². The van der Waals surface area contributed by atoms with E-state index in [0.717, 1.165) is 42.7 Å². The zero-order valence-electron chi connectivity index (χ0n) is 15.4. The molecule has 0 saturated carbocycles. The van der Waals surface area contributed by atoms with Crippen molar-refractivity contribution in [1.29, 1.82) is 0 Å². The number of carbonyl (C=O) groups excluding carboxylic acids is 2. The van der Waals surface area contributed by atoms with Crippen LogP contribution in [0, 0.1) is 11.6 Å². The van der Waals surface area contributed by atoms with Crippen LogP contribution in [0.2, 0.25) is 0 Å². The highest BCUT2D eigenvalue weighted by molar-refractivity contribution is 8.01. The van der Waals surface area contributed by atoms with Gasteiger partial charge in [-0.1, -0.05) is 29.2 Å². The minimum Gasteiger partial charge on any atom is -0.337 e. The van der Waals surface area contributed by atoms with Gasteiger partial charge in [0.15, 0.2) is 4.34 Å². The summed E-state index contributed by atoms with van der Waals surface area (Å²) < 4.78 is 27.9. The van der Waals surface area contributed by atoms with Crippen molar-refractivity contribution >= 4 is 40.0 Å². The minimum atomic E-state index is -0.952. The van der Waals surface area contributed by atoms with E-state index in [-0.39, 0.29) is 28.9 Å². The fraction of sp³-hybridized carbons (Fsp3) is 0.444. The Morgan fingerprint density at radius 2 is 1.86 bits per heavy atom. The number of thioether (sulfide) groups is 1. The Morgan fingerprint density at radius 1 is 1.21 bits per heavy atom. The lowest BCUT2D eigenvalue weighted by atomic mass is 9.98. The molecule has 1 aliphatic rings. The smallest absolute Gasteiger partial charge is 0.263 e. The molecule has 2 atom stereocenters. The molecule has 1 fully saturated rings. The zero-order chi connectivity index (χ0) is 20.3. The second-order valence-corrected chi connectivity index (χ2v) is 8.84. The molecule has 0 radical (unpaired) electrons. The van der Waals surface area contributed by atoms with E-state index in [1.807, 2.05) is 4.90 Å². The van der Waals surface area contributed by atoms with Crippen molar-refractivity contribution in [2.45, 2.75) is 49.5 Å². The molecule has 28 heavy (non-hydrogen) atoms. The predicted octanol–water partition coefficient (Wildman–Crippen LogP) is 3.95. The van der Waals surface area contributed by atoms with E-state index in [2.05, 4.69) is 29.4 Å². The molecule has 3 rings (SSSR count). The third kappa shape index (κ3) is 4.67. The van der Waals surface area contributed by atoms with Gasteiger partial charge < -0.3 is 4.90 Å². The first kappa shape index (κ1) is 20.7. The number of anilines is 1. The highest BCUT2D eigenvalue weighted by atomic mass is 32.2. The summed E-state index contributed by atoms with van der Waals surface area (Å²) in [5.74, 6) is -2.58. The van der Waals surface area contributed by atoms with Crippen LogP contribution in [0.4, 0.5) is 13.9 Å². The van der Waals surface area contributed by atoms with Gasteiger partial charge in [-0.3, -0.25) is 14.9 Å². The number of hydrogen-bond acceptors (Lipinski definition) is 6. The van der Waals surface area contributed by atoms with Gasteiger partial charge in [-0.2, -0.15) is 0 Å². The second-order valence-electron chi connectivity index (χ2n) is 6.64. The Balaban J connectivity index is 1.58. The first-order valence-corrected chi connectivity index (χ1v) is 10.7. The first-order valence-electron chi connectivity index (χ1n) is 8.89. The largest absolute Gasteiger partial charge is 0.337 e. The van der Waals surface area contributed by atoms with E-state index in [9.17, 15) is 18.4 Å². The van der Waals surface area contributed by atoms with Crippen molar-refractivity contribution < 1.29 is 18.4 Å². The summed E-state index contributed by atoms with van der Waals surface area (Å²) in [6.07, 6.45) is 3.13. The average molecular weight is 427 g/mol. The number of benzene rings is 1. The van der Waals surface area contributed by atoms with Crippen LogP contribution in [0.15, 0.2) is 22.5 Å². The molecular weight excluding hydrogens is 406 g/mol. The summed E-state index contributed by atoms with van der Waals surface area (Å²) in [4.78, 5) is 26.6. The molecule has 10 heteroatoms. The Morgan fingerprint density at radius 3 is 2.50 bits per heavy atom. The molecule has 0 spiro atoms. The Labute approximate surface area is 169 Å². The summed E-state index contributed by atoms with van der Waals surface area (Å²) in [7, 11) is 0. The molecule has 0 bridgehead atoms. The molecule has 6 nitrogen and oxygen atoms in total. The molecule has 2 heterocycles. The number of likely N-dealkylation sites (tertiary alicyclic amines) is 1. The Bertz CT molecular complexity index is 847. The first-order chi connectivity index (χ1) is 13.4. The molecule has 2 amide bonds. The number of rotatable bonds is 5. The molecule has 1 saturated heterocycles. The van der Waals surface area contributed by atoms with Gasteiger partial charge in [0.2, 0.25) is 11.0 Å². The summed E-state index contributed by atoms with van der Waals surface area (Å²) in [5, 5.41) is 10.2. The molecule has 1 aromatic heterocycles. The van der Waals surface area contributed by atoms with Crippen LogP contribution in [-0.4, -0.2) is 44.7 Å². The maximum Gasteiger partial charge on any atom is 0.263 e. The summed E-state index contributed by atoms with van der Waals surface area (Å²) in [6, 6.07) is 3.64. The SMILES string of the molecule is C[C@@H]1CCC[C@@H](C)N1C(=O)CSc1nnc(NC(=O)c2c(F)cccc2F)s1. The van der Waals surface area contributed by atoms with Crippen molar-refractivity contribution in [3.63, 3.8) is 0 Å². The molecule has 150 valence electrons. The third-order valence-electron chi connectivity index (χ3n) is 4.62. The van der Waals surface area contributed by atoms with E-state index in [4.69, 9.17) is 0 Å². The van der Waals surface area contributed by atoms with Gasteiger partial charge >= 0.3 is 0 Å². The highest BCUT2D eigenvalue weighted by Crippen LogP contribution is 2.28. The highest BCUT2D eigenvalue weighted by Gasteiger charge is 2.29. The van der Waals surface area contributed by atoms with E-state index >= 15 is 0 Å². The fourth-order valence-corrected chi connectivity index (χ4v) is 4.92. The van der Waals surface area contributed by atoms with Crippen molar-refractivity contribution in [2.75, 3.05) is 11.1 Å². The topological polar surface area (TPSA) is 75.2 Å².